The number of carbonyl (C=O) groups excluding carboxylic acids is 1. The van der Waals surface area contributed by atoms with Gasteiger partial charge in [0.15, 0.2) is 0 Å². The van der Waals surface area contributed by atoms with Crippen molar-refractivity contribution in [1.82, 2.24) is 5.32 Å². The van der Waals surface area contributed by atoms with Crippen molar-refractivity contribution in [2.75, 3.05) is 33.5 Å². The van der Waals surface area contributed by atoms with Gasteiger partial charge in [-0.3, -0.25) is 4.79 Å². The third-order valence-electron chi connectivity index (χ3n) is 2.00. The Kier molecular flexibility index (Phi) is 5.66. The van der Waals surface area contributed by atoms with Crippen LogP contribution in [0.5, 0.6) is 0 Å². The number of hydrogen-bond donors (Lipinski definition) is 2. The molecule has 0 bridgehead atoms. The predicted molar refractivity (Wildman–Crippen MR) is 55.5 cm³/mol. The Hall–Kier alpha value is -1.27. The van der Waals surface area contributed by atoms with Crippen molar-refractivity contribution in [2.45, 2.75) is 12.5 Å². The number of ether oxygens (including phenoxy) is 3. The highest BCUT2D eigenvalue weighted by molar-refractivity contribution is 5.91. The van der Waals surface area contributed by atoms with Crippen LogP contribution >= 0.6 is 0 Å². The fraction of sp³-hybridized carbons (Fsp3) is 0.700. The number of nitrogens with one attached hydrogen (secondary N) is 1. The minimum absolute atomic E-state index is 0.174. The summed E-state index contributed by atoms with van der Waals surface area (Å²) in [4.78, 5) is 11.4. The second kappa shape index (κ2) is 7.08. The smallest absolute Gasteiger partial charge is 0.289 e. The fourth-order valence-electron chi connectivity index (χ4n) is 1.20. The molecule has 0 aromatic rings. The highest BCUT2D eigenvalue weighted by Gasteiger charge is 2.14. The van der Waals surface area contributed by atoms with Crippen LogP contribution < -0.4 is 5.32 Å². The van der Waals surface area contributed by atoms with Crippen molar-refractivity contribution in [3.8, 4) is 0 Å². The molecule has 92 valence electrons. The van der Waals surface area contributed by atoms with Crippen molar-refractivity contribution in [3.63, 3.8) is 0 Å². The zero-order valence-corrected chi connectivity index (χ0v) is 9.27. The lowest BCUT2D eigenvalue weighted by molar-refractivity contribution is -0.122. The minimum Gasteiger partial charge on any atom is -0.494 e. The highest BCUT2D eigenvalue weighted by Crippen LogP contribution is 2.03. The Morgan fingerprint density at radius 3 is 3.12 bits per heavy atom. The number of rotatable bonds is 6. The summed E-state index contributed by atoms with van der Waals surface area (Å²) in [6.07, 6.45) is 1.17. The second-order valence-corrected chi connectivity index (χ2v) is 3.36. The Labute approximate surface area is 94.2 Å². The molecule has 0 fully saturated rings. The average Bonchev–Trinajstić information content (AvgIpc) is 2.30. The zero-order chi connectivity index (χ0) is 11.8. The zero-order valence-electron chi connectivity index (χ0n) is 9.27. The summed E-state index contributed by atoms with van der Waals surface area (Å²) in [6.45, 7) is 1.47. The van der Waals surface area contributed by atoms with Crippen molar-refractivity contribution in [3.05, 3.63) is 12.0 Å². The molecule has 1 rings (SSSR count). The topological polar surface area (TPSA) is 77.0 Å². The van der Waals surface area contributed by atoms with Gasteiger partial charge in [0, 0.05) is 13.7 Å². The minimum atomic E-state index is -0.567. The van der Waals surface area contributed by atoms with Gasteiger partial charge in [-0.15, -0.1) is 0 Å². The SMILES string of the molecule is COCC(O)CCNC(=O)C1=COCCO1. The average molecular weight is 231 g/mol. The van der Waals surface area contributed by atoms with Crippen molar-refractivity contribution in [1.29, 1.82) is 0 Å². The van der Waals surface area contributed by atoms with E-state index >= 15 is 0 Å². The summed E-state index contributed by atoms with van der Waals surface area (Å²) in [5, 5.41) is 11.9. The Balaban J connectivity index is 2.17. The molecule has 0 saturated carbocycles. The van der Waals surface area contributed by atoms with Crippen LogP contribution in [-0.2, 0) is 19.0 Å². The van der Waals surface area contributed by atoms with Crippen LogP contribution in [0.25, 0.3) is 0 Å². The van der Waals surface area contributed by atoms with Gasteiger partial charge in [-0.05, 0) is 6.42 Å². The quantitative estimate of drug-likeness (QED) is 0.637. The summed E-state index contributed by atoms with van der Waals surface area (Å²) in [5.74, 6) is -0.156. The largest absolute Gasteiger partial charge is 0.494 e. The van der Waals surface area contributed by atoms with Crippen molar-refractivity contribution in [2.24, 2.45) is 0 Å². The fourth-order valence-corrected chi connectivity index (χ4v) is 1.20. The van der Waals surface area contributed by atoms with Crippen LogP contribution in [0, 0.1) is 0 Å². The number of carbonyl (C=O) groups is 1. The Bertz CT molecular complexity index is 254. The van der Waals surface area contributed by atoms with E-state index in [1.807, 2.05) is 0 Å². The number of hydrogen-bond acceptors (Lipinski definition) is 5. The maximum atomic E-state index is 11.4. The molecule has 0 aromatic heterocycles. The van der Waals surface area contributed by atoms with Crippen molar-refractivity contribution < 1.29 is 24.1 Å². The lowest BCUT2D eigenvalue weighted by Gasteiger charge is -2.15. The van der Waals surface area contributed by atoms with E-state index in [4.69, 9.17) is 14.2 Å². The van der Waals surface area contributed by atoms with Gasteiger partial charge in [-0.2, -0.15) is 0 Å². The molecule has 0 aliphatic carbocycles. The molecule has 1 unspecified atom stereocenters. The highest BCUT2D eigenvalue weighted by atomic mass is 16.6. The molecule has 1 aliphatic rings. The lowest BCUT2D eigenvalue weighted by atomic mass is 10.2. The molecule has 0 saturated heterocycles. The van der Waals surface area contributed by atoms with E-state index in [0.717, 1.165) is 0 Å². The van der Waals surface area contributed by atoms with Gasteiger partial charge in [0.2, 0.25) is 5.76 Å². The monoisotopic (exact) mass is 231 g/mol. The van der Waals surface area contributed by atoms with E-state index in [-0.39, 0.29) is 18.3 Å². The van der Waals surface area contributed by atoms with Crippen LogP contribution in [0.3, 0.4) is 0 Å². The summed E-state index contributed by atoms with van der Waals surface area (Å²) in [7, 11) is 1.51. The Morgan fingerprint density at radius 2 is 2.50 bits per heavy atom. The number of methoxy groups -OCH3 is 1. The summed E-state index contributed by atoms with van der Waals surface area (Å²) >= 11 is 0. The molecule has 0 radical (unpaired) electrons. The van der Waals surface area contributed by atoms with E-state index in [2.05, 4.69) is 5.32 Å². The summed E-state index contributed by atoms with van der Waals surface area (Å²) in [5.41, 5.74) is 0. The molecule has 1 amide bonds. The maximum Gasteiger partial charge on any atom is 0.289 e. The normalized spacial score (nSPS) is 16.8. The molecule has 1 heterocycles. The van der Waals surface area contributed by atoms with Gasteiger partial charge in [0.1, 0.15) is 19.5 Å². The molecule has 1 aliphatic heterocycles. The van der Waals surface area contributed by atoms with E-state index in [9.17, 15) is 9.90 Å². The molecule has 6 heteroatoms. The molecule has 0 spiro atoms. The van der Waals surface area contributed by atoms with Gasteiger partial charge in [-0.1, -0.05) is 0 Å². The first kappa shape index (κ1) is 12.8. The number of amides is 1. The van der Waals surface area contributed by atoms with E-state index in [1.54, 1.807) is 0 Å². The third kappa shape index (κ3) is 4.50. The van der Waals surface area contributed by atoms with Gasteiger partial charge in [0.05, 0.1) is 12.7 Å². The maximum absolute atomic E-state index is 11.4. The van der Waals surface area contributed by atoms with E-state index in [0.29, 0.717) is 26.2 Å². The van der Waals surface area contributed by atoms with Gasteiger partial charge >= 0.3 is 0 Å². The third-order valence-corrected chi connectivity index (χ3v) is 2.00. The van der Waals surface area contributed by atoms with Crippen LogP contribution in [0.2, 0.25) is 0 Å². The lowest BCUT2D eigenvalue weighted by Crippen LogP contribution is -2.31. The van der Waals surface area contributed by atoms with E-state index in [1.165, 1.54) is 13.4 Å². The summed E-state index contributed by atoms with van der Waals surface area (Å²) in [6, 6.07) is 0. The van der Waals surface area contributed by atoms with Gasteiger partial charge in [-0.25, -0.2) is 0 Å². The van der Waals surface area contributed by atoms with Gasteiger partial charge in [0.25, 0.3) is 5.91 Å². The summed E-state index contributed by atoms with van der Waals surface area (Å²) < 4.78 is 14.8. The molecule has 16 heavy (non-hydrogen) atoms. The standard InChI is InChI=1S/C10H17NO5/c1-14-6-8(12)2-3-11-10(13)9-7-15-4-5-16-9/h7-8,12H,2-6H2,1H3,(H,11,13). The first-order valence-corrected chi connectivity index (χ1v) is 5.14. The molecule has 6 nitrogen and oxygen atoms in total. The second-order valence-electron chi connectivity index (χ2n) is 3.36. The van der Waals surface area contributed by atoms with Crippen LogP contribution in [-0.4, -0.2) is 50.6 Å². The first-order chi connectivity index (χ1) is 7.74. The van der Waals surface area contributed by atoms with Crippen LogP contribution in [0.15, 0.2) is 12.0 Å². The molecule has 0 aromatic carbocycles. The first-order valence-electron chi connectivity index (χ1n) is 5.14. The number of aliphatic hydroxyl groups is 1. The molecular weight excluding hydrogens is 214 g/mol. The molecule has 1 atom stereocenters. The predicted octanol–water partition coefficient (Wildman–Crippen LogP) is -0.612. The van der Waals surface area contributed by atoms with Crippen molar-refractivity contribution >= 4 is 5.91 Å². The Morgan fingerprint density at radius 1 is 1.69 bits per heavy atom. The number of aliphatic hydroxyl groups excluding tert-OH is 1. The molecular formula is C10H17NO5. The van der Waals surface area contributed by atoms with Crippen LogP contribution in [0.4, 0.5) is 0 Å². The van der Waals surface area contributed by atoms with E-state index < -0.39 is 6.10 Å². The molecule has 2 N–H and O–H groups in total. The van der Waals surface area contributed by atoms with Gasteiger partial charge < -0.3 is 24.6 Å². The van der Waals surface area contributed by atoms with Crippen LogP contribution in [0.1, 0.15) is 6.42 Å².